The zero-order valence-corrected chi connectivity index (χ0v) is 37.4. The molecular formula is C45H78N4O12. The van der Waals surface area contributed by atoms with Crippen molar-refractivity contribution in [3.63, 3.8) is 0 Å². The van der Waals surface area contributed by atoms with Gasteiger partial charge in [0.1, 0.15) is 19.3 Å². The smallest absolute Gasteiger partial charge is 0.326 e. The topological polar surface area (TPSA) is 228 Å². The van der Waals surface area contributed by atoms with Gasteiger partial charge in [-0.05, 0) is 31.7 Å². The molecule has 0 spiro atoms. The highest BCUT2D eigenvalue weighted by molar-refractivity contribution is 5.84. The summed E-state index contributed by atoms with van der Waals surface area (Å²) in [5, 5.41) is 28.8. The summed E-state index contributed by atoms with van der Waals surface area (Å²) in [7, 11) is 0. The Labute approximate surface area is 364 Å². The maximum absolute atomic E-state index is 12.3. The van der Waals surface area contributed by atoms with E-state index in [1.54, 1.807) is 0 Å². The van der Waals surface area contributed by atoms with Crippen LogP contribution < -0.4 is 21.3 Å². The number of unbranched alkanes of at least 4 members (excludes halogenated alkanes) is 13. The van der Waals surface area contributed by atoms with Gasteiger partial charge in [-0.15, -0.1) is 0 Å². The van der Waals surface area contributed by atoms with E-state index in [1.807, 2.05) is 45.0 Å². The van der Waals surface area contributed by atoms with Crippen LogP contribution in [0.5, 0.6) is 0 Å². The van der Waals surface area contributed by atoms with Crippen LogP contribution in [-0.2, 0) is 54.3 Å². The van der Waals surface area contributed by atoms with E-state index < -0.39 is 18.0 Å². The first-order valence-electron chi connectivity index (χ1n) is 22.5. The molecule has 0 fully saturated rings. The molecule has 0 bridgehead atoms. The fourth-order valence-corrected chi connectivity index (χ4v) is 5.87. The fourth-order valence-electron chi connectivity index (χ4n) is 5.87. The van der Waals surface area contributed by atoms with Crippen molar-refractivity contribution in [1.29, 1.82) is 0 Å². The summed E-state index contributed by atoms with van der Waals surface area (Å²) < 4.78 is 21.4. The third kappa shape index (κ3) is 38.5. The van der Waals surface area contributed by atoms with Crippen LogP contribution >= 0.6 is 0 Å². The Bertz CT molecular complexity index is 1300. The van der Waals surface area contributed by atoms with Gasteiger partial charge < -0.3 is 50.4 Å². The van der Waals surface area contributed by atoms with E-state index in [0.717, 1.165) is 49.7 Å². The van der Waals surface area contributed by atoms with E-state index in [9.17, 15) is 33.9 Å². The molecule has 6 N–H and O–H groups in total. The monoisotopic (exact) mass is 867 g/mol. The molecular weight excluding hydrogens is 789 g/mol. The van der Waals surface area contributed by atoms with Crippen molar-refractivity contribution in [2.24, 2.45) is 0 Å². The number of amides is 4. The van der Waals surface area contributed by atoms with Gasteiger partial charge in [0.05, 0.1) is 39.6 Å². The van der Waals surface area contributed by atoms with Crippen LogP contribution in [0.15, 0.2) is 24.3 Å². The van der Waals surface area contributed by atoms with Crippen molar-refractivity contribution in [3.05, 3.63) is 35.4 Å². The summed E-state index contributed by atoms with van der Waals surface area (Å²) in [6, 6.07) is 6.77. The summed E-state index contributed by atoms with van der Waals surface area (Å²) in [6.45, 7) is 8.15. The largest absolute Gasteiger partial charge is 0.481 e. The Morgan fingerprint density at radius 2 is 0.934 bits per heavy atom. The molecule has 1 rings (SSSR count). The standard InChI is InChI=1S/C43H72N4O12.C2H6/c1-35-18-20-36(21-19-35)32-46-41(51)34-59-31-29-57-27-25-45-40(50)33-58-30-28-56-26-24-44-38(48)23-22-37(43(54)55)47-39(49)16-14-12-10-8-6-4-2-3-5-7-9-11-13-15-17-42(52)53;1-2/h18-21,37H,2-17,22-34H2,1H3,(H,44,48)(H,45,50)(H,46,51)(H,47,49)(H,52,53)(H,54,55);1-2H3. The van der Waals surface area contributed by atoms with Gasteiger partial charge in [0, 0.05) is 38.9 Å². The van der Waals surface area contributed by atoms with Crippen LogP contribution in [-0.4, -0.2) is 118 Å². The van der Waals surface area contributed by atoms with Crippen molar-refractivity contribution in [2.45, 2.75) is 149 Å². The van der Waals surface area contributed by atoms with E-state index in [4.69, 9.17) is 24.1 Å². The lowest BCUT2D eigenvalue weighted by atomic mass is 10.0. The number of ether oxygens (including phenoxy) is 4. The second-order valence-electron chi connectivity index (χ2n) is 14.6. The first kappa shape index (κ1) is 56.9. The Balaban J connectivity index is 0.0000177. The lowest BCUT2D eigenvalue weighted by Crippen LogP contribution is -2.41. The lowest BCUT2D eigenvalue weighted by molar-refractivity contribution is -0.142. The first-order chi connectivity index (χ1) is 29.6. The van der Waals surface area contributed by atoms with Gasteiger partial charge in [0.25, 0.3) is 0 Å². The highest BCUT2D eigenvalue weighted by atomic mass is 16.5. The maximum atomic E-state index is 12.3. The van der Waals surface area contributed by atoms with Crippen LogP contribution in [0.1, 0.15) is 141 Å². The highest BCUT2D eigenvalue weighted by Crippen LogP contribution is 2.14. The van der Waals surface area contributed by atoms with Gasteiger partial charge in [0.15, 0.2) is 0 Å². The number of carboxylic acid groups (broad SMARTS) is 2. The number of hydrogen-bond donors (Lipinski definition) is 6. The van der Waals surface area contributed by atoms with Crippen molar-refractivity contribution >= 4 is 35.6 Å². The predicted molar refractivity (Wildman–Crippen MR) is 234 cm³/mol. The van der Waals surface area contributed by atoms with Crippen molar-refractivity contribution < 1.29 is 57.9 Å². The zero-order valence-electron chi connectivity index (χ0n) is 37.4. The normalized spacial score (nSPS) is 11.2. The van der Waals surface area contributed by atoms with Crippen molar-refractivity contribution in [2.75, 3.05) is 65.9 Å². The molecule has 0 aliphatic carbocycles. The van der Waals surface area contributed by atoms with E-state index in [1.165, 1.54) is 44.9 Å². The van der Waals surface area contributed by atoms with E-state index in [0.29, 0.717) is 19.5 Å². The number of benzene rings is 1. The van der Waals surface area contributed by atoms with Crippen LogP contribution in [0.4, 0.5) is 0 Å². The van der Waals surface area contributed by atoms with Gasteiger partial charge in [-0.25, -0.2) is 4.79 Å². The van der Waals surface area contributed by atoms with Gasteiger partial charge in [-0.1, -0.05) is 121 Å². The highest BCUT2D eigenvalue weighted by Gasteiger charge is 2.20. The minimum atomic E-state index is -1.18. The Kier molecular flexibility index (Phi) is 38.5. The summed E-state index contributed by atoms with van der Waals surface area (Å²) in [4.78, 5) is 70.4. The van der Waals surface area contributed by atoms with E-state index >= 15 is 0 Å². The van der Waals surface area contributed by atoms with Crippen molar-refractivity contribution in [1.82, 2.24) is 21.3 Å². The number of hydrogen-bond acceptors (Lipinski definition) is 10. The average molecular weight is 867 g/mol. The van der Waals surface area contributed by atoms with Crippen LogP contribution in [0.3, 0.4) is 0 Å². The number of carbonyl (C=O) groups is 6. The SMILES string of the molecule is CC.Cc1ccc(CNC(=O)COCCOCCNC(=O)COCCOCCNC(=O)CCC(NC(=O)CCCCCCCCCCCCCCCCC(=O)O)C(=O)O)cc1. The number of aliphatic carboxylic acids is 2. The maximum Gasteiger partial charge on any atom is 0.326 e. The molecule has 0 aromatic heterocycles. The van der Waals surface area contributed by atoms with Crippen molar-refractivity contribution in [3.8, 4) is 0 Å². The molecule has 16 nitrogen and oxygen atoms in total. The number of aryl methyl sites for hydroxylation is 1. The molecule has 4 amide bonds. The van der Waals surface area contributed by atoms with Gasteiger partial charge in [0.2, 0.25) is 23.6 Å². The van der Waals surface area contributed by atoms with E-state index in [2.05, 4.69) is 21.3 Å². The Hall–Kier alpha value is -4.12. The van der Waals surface area contributed by atoms with Gasteiger partial charge in [-0.2, -0.15) is 0 Å². The number of carbonyl (C=O) groups excluding carboxylic acids is 4. The second-order valence-corrected chi connectivity index (χ2v) is 14.6. The molecule has 0 saturated carbocycles. The van der Waals surface area contributed by atoms with Gasteiger partial charge in [-0.3, -0.25) is 24.0 Å². The average Bonchev–Trinajstić information content (AvgIpc) is 3.24. The minimum absolute atomic E-state index is 0.0210. The van der Waals surface area contributed by atoms with E-state index in [-0.39, 0.29) is 109 Å². The lowest BCUT2D eigenvalue weighted by Gasteiger charge is -2.14. The molecule has 16 heteroatoms. The molecule has 0 saturated heterocycles. The summed E-state index contributed by atoms with van der Waals surface area (Å²) >= 11 is 0. The second kappa shape index (κ2) is 41.2. The molecule has 0 heterocycles. The third-order valence-electron chi connectivity index (χ3n) is 9.30. The Morgan fingerprint density at radius 1 is 0.508 bits per heavy atom. The first-order valence-corrected chi connectivity index (χ1v) is 22.5. The quantitative estimate of drug-likeness (QED) is 0.0443. The molecule has 1 atom stereocenters. The fraction of sp³-hybridized carbons (Fsp3) is 0.733. The summed E-state index contributed by atoms with van der Waals surface area (Å²) in [5.74, 6) is -3.08. The zero-order chi connectivity index (χ0) is 45.2. The van der Waals surface area contributed by atoms with Gasteiger partial charge >= 0.3 is 11.9 Å². The molecule has 350 valence electrons. The molecule has 1 unspecified atom stereocenters. The van der Waals surface area contributed by atoms with Crippen LogP contribution in [0.2, 0.25) is 0 Å². The Morgan fingerprint density at radius 3 is 1.41 bits per heavy atom. The molecule has 0 aliphatic heterocycles. The summed E-state index contributed by atoms with van der Waals surface area (Å²) in [5.41, 5.74) is 2.17. The summed E-state index contributed by atoms with van der Waals surface area (Å²) in [6.07, 6.45) is 15.5. The molecule has 61 heavy (non-hydrogen) atoms. The number of nitrogens with one attached hydrogen (secondary N) is 4. The predicted octanol–water partition coefficient (Wildman–Crippen LogP) is 5.61. The third-order valence-corrected chi connectivity index (χ3v) is 9.30. The molecule has 0 radical (unpaired) electrons. The number of carboxylic acids is 2. The number of rotatable bonds is 40. The molecule has 1 aromatic rings. The van der Waals surface area contributed by atoms with Crippen LogP contribution in [0.25, 0.3) is 0 Å². The minimum Gasteiger partial charge on any atom is -0.481 e. The molecule has 0 aliphatic rings. The molecule has 1 aromatic carbocycles. The van der Waals surface area contributed by atoms with Crippen LogP contribution in [0, 0.1) is 6.92 Å².